The zero-order chi connectivity index (χ0) is 26.1. The summed E-state index contributed by atoms with van der Waals surface area (Å²) < 4.78 is 13.6. The van der Waals surface area contributed by atoms with Gasteiger partial charge in [-0.15, -0.1) is 0 Å². The van der Waals surface area contributed by atoms with E-state index in [1.165, 1.54) is 4.90 Å². The molecule has 1 atom stereocenters. The highest BCUT2D eigenvalue weighted by molar-refractivity contribution is 6.36. The normalized spacial score (nSPS) is 17.5. The Morgan fingerprint density at radius 1 is 1.19 bits per heavy atom. The Balaban J connectivity index is 1.48. The van der Waals surface area contributed by atoms with Crippen LogP contribution in [-0.4, -0.2) is 53.0 Å². The van der Waals surface area contributed by atoms with Crippen molar-refractivity contribution in [2.45, 2.75) is 38.8 Å². The number of nitriles is 1. The van der Waals surface area contributed by atoms with Crippen LogP contribution in [0.2, 0.25) is 5.02 Å². The monoisotopic (exact) mass is 518 g/mol. The number of rotatable bonds is 5. The van der Waals surface area contributed by atoms with Gasteiger partial charge in [0.1, 0.15) is 11.6 Å². The molecule has 1 fully saturated rings. The van der Waals surface area contributed by atoms with Crippen molar-refractivity contribution in [3.8, 4) is 6.07 Å². The lowest BCUT2D eigenvalue weighted by atomic mass is 10.0. The van der Waals surface area contributed by atoms with Gasteiger partial charge in [0.15, 0.2) is 5.83 Å². The van der Waals surface area contributed by atoms with Crippen molar-refractivity contribution in [3.05, 3.63) is 70.9 Å². The molecule has 0 spiro atoms. The topological polar surface area (TPSA) is 76.4 Å². The van der Waals surface area contributed by atoms with Gasteiger partial charge in [0.2, 0.25) is 0 Å². The van der Waals surface area contributed by atoms with Crippen LogP contribution in [0.5, 0.6) is 0 Å². The molecular weight excluding hydrogens is 491 g/mol. The van der Waals surface area contributed by atoms with Crippen molar-refractivity contribution in [1.82, 2.24) is 14.9 Å². The number of halogens is 2. The first-order valence-corrected chi connectivity index (χ1v) is 12.9. The van der Waals surface area contributed by atoms with Crippen LogP contribution in [0.15, 0.2) is 48.8 Å². The van der Waals surface area contributed by atoms with Gasteiger partial charge in [-0.25, -0.2) is 14.4 Å². The molecule has 2 aromatic carbocycles. The number of nitrogens with zero attached hydrogens (tertiary/aromatic N) is 6. The first-order chi connectivity index (χ1) is 17.9. The minimum absolute atomic E-state index is 0.110. The lowest BCUT2D eigenvalue weighted by Crippen LogP contribution is -2.55. The van der Waals surface area contributed by atoms with Gasteiger partial charge in [-0.1, -0.05) is 49.4 Å². The Labute approximate surface area is 220 Å². The Morgan fingerprint density at radius 3 is 2.70 bits per heavy atom. The third-order valence-corrected chi connectivity index (χ3v) is 7.50. The number of piperazine rings is 1. The molecule has 5 rings (SSSR count). The molecule has 0 bridgehead atoms. The predicted molar refractivity (Wildman–Crippen MR) is 143 cm³/mol. The van der Waals surface area contributed by atoms with Gasteiger partial charge >= 0.3 is 0 Å². The molecule has 1 saturated heterocycles. The summed E-state index contributed by atoms with van der Waals surface area (Å²) in [6, 6.07) is 13.9. The van der Waals surface area contributed by atoms with E-state index in [1.54, 1.807) is 0 Å². The molecule has 37 heavy (non-hydrogen) atoms. The molecule has 1 aromatic heterocycles. The summed E-state index contributed by atoms with van der Waals surface area (Å²) >= 11 is 6.61. The highest BCUT2D eigenvalue weighted by Crippen LogP contribution is 2.36. The van der Waals surface area contributed by atoms with Crippen LogP contribution in [0.3, 0.4) is 0 Å². The van der Waals surface area contributed by atoms with Crippen LogP contribution >= 0.6 is 11.6 Å². The van der Waals surface area contributed by atoms with Gasteiger partial charge in [0, 0.05) is 49.2 Å². The van der Waals surface area contributed by atoms with Crippen LogP contribution < -0.4 is 9.80 Å². The molecule has 190 valence electrons. The van der Waals surface area contributed by atoms with Crippen molar-refractivity contribution in [1.29, 1.82) is 5.26 Å². The van der Waals surface area contributed by atoms with E-state index in [0.717, 1.165) is 57.3 Å². The number of hydrogen-bond acceptors (Lipinski definition) is 6. The van der Waals surface area contributed by atoms with E-state index in [1.807, 2.05) is 19.1 Å². The smallest absolute Gasteiger partial charge is 0.282 e. The summed E-state index contributed by atoms with van der Waals surface area (Å²) in [5.41, 5.74) is 3.15. The van der Waals surface area contributed by atoms with Crippen molar-refractivity contribution in [2.24, 2.45) is 0 Å². The van der Waals surface area contributed by atoms with Crippen molar-refractivity contribution in [2.75, 3.05) is 36.0 Å². The summed E-state index contributed by atoms with van der Waals surface area (Å²) in [6.45, 7) is 7.79. The number of hydrogen-bond donors (Lipinski definition) is 0. The number of aryl methyl sites for hydroxylation is 1. The van der Waals surface area contributed by atoms with E-state index in [0.29, 0.717) is 32.6 Å². The summed E-state index contributed by atoms with van der Waals surface area (Å²) in [4.78, 5) is 28.0. The van der Waals surface area contributed by atoms with Crippen LogP contribution in [0.25, 0.3) is 10.8 Å². The maximum absolute atomic E-state index is 13.6. The van der Waals surface area contributed by atoms with Crippen LogP contribution in [0.1, 0.15) is 30.4 Å². The number of anilines is 2. The third-order valence-electron chi connectivity index (χ3n) is 7.18. The average Bonchev–Trinajstić information content (AvgIpc) is 2.91. The first kappa shape index (κ1) is 25.0. The quantitative estimate of drug-likeness (QED) is 0.451. The van der Waals surface area contributed by atoms with Gasteiger partial charge in [-0.3, -0.25) is 4.79 Å². The van der Waals surface area contributed by atoms with Gasteiger partial charge in [0.05, 0.1) is 35.8 Å². The van der Waals surface area contributed by atoms with Gasteiger partial charge < -0.3 is 14.7 Å². The molecule has 0 aliphatic carbocycles. The Morgan fingerprint density at radius 2 is 1.97 bits per heavy atom. The van der Waals surface area contributed by atoms with Crippen LogP contribution in [0.4, 0.5) is 15.9 Å². The van der Waals surface area contributed by atoms with E-state index in [-0.39, 0.29) is 6.42 Å². The minimum Gasteiger partial charge on any atom is -0.365 e. The number of aromatic nitrogens is 2. The van der Waals surface area contributed by atoms with Crippen molar-refractivity contribution < 1.29 is 9.18 Å². The molecule has 3 aromatic rings. The summed E-state index contributed by atoms with van der Waals surface area (Å²) in [7, 11) is 0. The maximum Gasteiger partial charge on any atom is 0.282 e. The van der Waals surface area contributed by atoms with Gasteiger partial charge in [-0.05, 0) is 23.9 Å². The fourth-order valence-electron chi connectivity index (χ4n) is 5.38. The van der Waals surface area contributed by atoms with Gasteiger partial charge in [-0.2, -0.15) is 5.26 Å². The average molecular weight is 519 g/mol. The lowest BCUT2D eigenvalue weighted by Gasteiger charge is -2.42. The second-order valence-electron chi connectivity index (χ2n) is 9.39. The fraction of sp³-hybridized carbons (Fsp3) is 0.357. The second-order valence-corrected chi connectivity index (χ2v) is 9.80. The van der Waals surface area contributed by atoms with Crippen molar-refractivity contribution >= 4 is 39.8 Å². The molecule has 1 amide bonds. The summed E-state index contributed by atoms with van der Waals surface area (Å²) in [6.07, 6.45) is 1.54. The number of carbonyl (C=O) groups excluding carboxylic acids is 1. The minimum atomic E-state index is -1.00. The highest BCUT2D eigenvalue weighted by atomic mass is 35.5. The molecule has 2 aliphatic rings. The van der Waals surface area contributed by atoms with E-state index in [2.05, 4.69) is 46.7 Å². The van der Waals surface area contributed by atoms with Crippen molar-refractivity contribution in [3.63, 3.8) is 0 Å². The number of fused-ring (bicyclic) bond motifs is 2. The molecule has 2 aliphatic heterocycles. The molecule has 1 unspecified atom stereocenters. The fourth-order valence-corrected chi connectivity index (χ4v) is 5.66. The molecular formula is C28H28ClFN6O. The first-order valence-electron chi connectivity index (χ1n) is 12.5. The third kappa shape index (κ3) is 4.72. The maximum atomic E-state index is 13.6. The second kappa shape index (κ2) is 10.3. The molecule has 9 heteroatoms. The van der Waals surface area contributed by atoms with E-state index in [4.69, 9.17) is 21.6 Å². The number of benzene rings is 2. The molecule has 3 heterocycles. The Hall–Kier alpha value is -3.70. The number of amides is 1. The van der Waals surface area contributed by atoms with E-state index >= 15 is 0 Å². The highest BCUT2D eigenvalue weighted by Gasteiger charge is 2.34. The standard InChI is InChI=1S/C28H28ClFN6O/c1-3-25-32-23-17-34(24-9-5-7-19-6-4-8-22(29)26(19)24)13-11-21(23)27(33-25)35-14-15-36(28(37)18(2)30)20(16-35)10-12-31/h4-9,20H,2-3,10-11,13-17H2,1H3. The Bertz CT molecular complexity index is 1410. The van der Waals surface area contributed by atoms with E-state index in [9.17, 15) is 14.4 Å². The van der Waals surface area contributed by atoms with Crippen LogP contribution in [0, 0.1) is 11.3 Å². The van der Waals surface area contributed by atoms with Gasteiger partial charge in [0.25, 0.3) is 5.91 Å². The van der Waals surface area contributed by atoms with Crippen LogP contribution in [-0.2, 0) is 24.2 Å². The SMILES string of the molecule is C=C(F)C(=O)N1CCN(c2nc(CC)nc3c2CCN(c2cccc4cccc(Cl)c24)C3)CC1CC#N. The summed E-state index contributed by atoms with van der Waals surface area (Å²) in [5.74, 6) is -0.147. The molecule has 0 saturated carbocycles. The summed E-state index contributed by atoms with van der Waals surface area (Å²) in [5, 5.41) is 12.2. The zero-order valence-corrected chi connectivity index (χ0v) is 21.5. The predicted octanol–water partition coefficient (Wildman–Crippen LogP) is 4.82. The Kier molecular flexibility index (Phi) is 6.98. The lowest BCUT2D eigenvalue weighted by molar-refractivity contribution is -0.131. The number of carbonyl (C=O) groups is 1. The molecule has 0 radical (unpaired) electrons. The molecule has 0 N–H and O–H groups in total. The van der Waals surface area contributed by atoms with E-state index < -0.39 is 17.8 Å². The zero-order valence-electron chi connectivity index (χ0n) is 20.8. The molecule has 7 nitrogen and oxygen atoms in total. The largest absolute Gasteiger partial charge is 0.365 e.